The zero-order valence-corrected chi connectivity index (χ0v) is 15.4. The van der Waals surface area contributed by atoms with Crippen LogP contribution in [0, 0.1) is 0 Å². The van der Waals surface area contributed by atoms with Gasteiger partial charge in [0.05, 0.1) is 22.3 Å². The van der Waals surface area contributed by atoms with E-state index in [0.717, 1.165) is 33.1 Å². The van der Waals surface area contributed by atoms with Gasteiger partial charge in [0.1, 0.15) is 0 Å². The molecule has 5 heteroatoms. The highest BCUT2D eigenvalue weighted by Gasteiger charge is 2.14. The summed E-state index contributed by atoms with van der Waals surface area (Å²) in [6.45, 7) is 0. The highest BCUT2D eigenvalue weighted by molar-refractivity contribution is 6.13. The molecule has 1 amide bonds. The van der Waals surface area contributed by atoms with Crippen molar-refractivity contribution in [1.29, 1.82) is 0 Å². The molecule has 0 unspecified atom stereocenters. The summed E-state index contributed by atoms with van der Waals surface area (Å²) < 4.78 is 0. The SMILES string of the molecule is O=C(Nc1ccc2ncccc2c1)c1cc(-c2cccnc2)nc2ccccc12. The monoisotopic (exact) mass is 376 g/mol. The molecule has 0 saturated carbocycles. The van der Waals surface area contributed by atoms with Gasteiger partial charge in [0.25, 0.3) is 5.91 Å². The molecule has 0 atom stereocenters. The van der Waals surface area contributed by atoms with E-state index in [1.165, 1.54) is 0 Å². The van der Waals surface area contributed by atoms with Crippen molar-refractivity contribution in [1.82, 2.24) is 15.0 Å². The third-order valence-corrected chi connectivity index (χ3v) is 4.78. The summed E-state index contributed by atoms with van der Waals surface area (Å²) in [6.07, 6.45) is 5.21. The molecular weight excluding hydrogens is 360 g/mol. The lowest BCUT2D eigenvalue weighted by molar-refractivity contribution is 0.102. The molecule has 0 fully saturated rings. The first kappa shape index (κ1) is 17.0. The van der Waals surface area contributed by atoms with Gasteiger partial charge in [0.2, 0.25) is 0 Å². The van der Waals surface area contributed by atoms with Gasteiger partial charge in [-0.05, 0) is 48.5 Å². The molecule has 29 heavy (non-hydrogen) atoms. The number of carbonyl (C=O) groups excluding carboxylic acids is 1. The fraction of sp³-hybridized carbons (Fsp3) is 0. The van der Waals surface area contributed by atoms with Gasteiger partial charge in [-0.1, -0.05) is 24.3 Å². The number of hydrogen-bond acceptors (Lipinski definition) is 4. The quantitative estimate of drug-likeness (QED) is 0.476. The molecule has 1 N–H and O–H groups in total. The number of carbonyl (C=O) groups is 1. The minimum absolute atomic E-state index is 0.183. The van der Waals surface area contributed by atoms with Crippen molar-refractivity contribution in [2.75, 3.05) is 5.32 Å². The zero-order valence-electron chi connectivity index (χ0n) is 15.4. The van der Waals surface area contributed by atoms with Crippen LogP contribution < -0.4 is 5.32 Å². The summed E-state index contributed by atoms with van der Waals surface area (Å²) in [5.74, 6) is -0.183. The number of anilines is 1. The van der Waals surface area contributed by atoms with Crippen LogP contribution in [-0.2, 0) is 0 Å². The Kier molecular flexibility index (Phi) is 4.18. The van der Waals surface area contributed by atoms with Gasteiger partial charge in [-0.25, -0.2) is 4.98 Å². The van der Waals surface area contributed by atoms with Crippen LogP contribution in [0.15, 0.2) is 91.4 Å². The van der Waals surface area contributed by atoms with E-state index in [9.17, 15) is 4.79 Å². The van der Waals surface area contributed by atoms with E-state index in [4.69, 9.17) is 4.98 Å². The number of nitrogens with one attached hydrogen (secondary N) is 1. The molecule has 5 aromatic rings. The number of aromatic nitrogens is 3. The summed E-state index contributed by atoms with van der Waals surface area (Å²) in [7, 11) is 0. The zero-order chi connectivity index (χ0) is 19.6. The molecule has 5 rings (SSSR count). The number of rotatable bonds is 3. The molecule has 0 spiro atoms. The van der Waals surface area contributed by atoms with E-state index in [1.54, 1.807) is 18.6 Å². The Labute approximate surface area is 167 Å². The number of hydrogen-bond donors (Lipinski definition) is 1. The minimum Gasteiger partial charge on any atom is -0.322 e. The Morgan fingerprint density at radius 2 is 1.72 bits per heavy atom. The number of pyridine rings is 3. The summed E-state index contributed by atoms with van der Waals surface area (Å²) in [5.41, 5.74) is 4.52. The number of benzene rings is 2. The largest absolute Gasteiger partial charge is 0.322 e. The first-order chi connectivity index (χ1) is 14.3. The molecule has 0 aliphatic carbocycles. The van der Waals surface area contributed by atoms with Crippen LogP contribution in [-0.4, -0.2) is 20.9 Å². The third kappa shape index (κ3) is 3.30. The summed E-state index contributed by atoms with van der Waals surface area (Å²) in [4.78, 5) is 26.4. The maximum Gasteiger partial charge on any atom is 0.256 e. The van der Waals surface area contributed by atoms with Crippen molar-refractivity contribution < 1.29 is 4.79 Å². The van der Waals surface area contributed by atoms with E-state index >= 15 is 0 Å². The van der Waals surface area contributed by atoms with E-state index < -0.39 is 0 Å². The molecule has 138 valence electrons. The van der Waals surface area contributed by atoms with Gasteiger partial charge >= 0.3 is 0 Å². The Balaban J connectivity index is 1.58. The molecule has 0 radical (unpaired) electrons. The lowest BCUT2D eigenvalue weighted by Crippen LogP contribution is -2.13. The van der Waals surface area contributed by atoms with Gasteiger partial charge in [0.15, 0.2) is 0 Å². The van der Waals surface area contributed by atoms with Crippen LogP contribution in [0.5, 0.6) is 0 Å². The smallest absolute Gasteiger partial charge is 0.256 e. The predicted molar refractivity (Wildman–Crippen MR) is 115 cm³/mol. The molecule has 0 saturated heterocycles. The summed E-state index contributed by atoms with van der Waals surface area (Å²) >= 11 is 0. The Hall–Kier alpha value is -4.12. The van der Waals surface area contributed by atoms with Gasteiger partial charge in [-0.15, -0.1) is 0 Å². The number of fused-ring (bicyclic) bond motifs is 2. The maximum absolute atomic E-state index is 13.2. The van der Waals surface area contributed by atoms with Gasteiger partial charge in [-0.2, -0.15) is 0 Å². The van der Waals surface area contributed by atoms with Gasteiger partial charge in [-0.3, -0.25) is 14.8 Å². The molecule has 3 aromatic heterocycles. The standard InChI is InChI=1S/C24H16N4O/c29-24(27-18-9-10-21-16(13-18)5-4-12-26-21)20-14-23(17-6-3-11-25-15-17)28-22-8-2-1-7-19(20)22/h1-15H,(H,27,29). The first-order valence-corrected chi connectivity index (χ1v) is 9.24. The van der Waals surface area contributed by atoms with Crippen molar-refractivity contribution in [2.45, 2.75) is 0 Å². The topological polar surface area (TPSA) is 67.8 Å². The lowest BCUT2D eigenvalue weighted by Gasteiger charge is -2.11. The normalized spacial score (nSPS) is 10.9. The number of para-hydroxylation sites is 1. The Morgan fingerprint density at radius 3 is 2.62 bits per heavy atom. The van der Waals surface area contributed by atoms with Crippen molar-refractivity contribution in [3.63, 3.8) is 0 Å². The Morgan fingerprint density at radius 1 is 0.828 bits per heavy atom. The number of nitrogens with zero attached hydrogens (tertiary/aromatic N) is 3. The molecule has 3 heterocycles. The van der Waals surface area contributed by atoms with E-state index in [-0.39, 0.29) is 5.91 Å². The van der Waals surface area contributed by atoms with Crippen LogP contribution in [0.4, 0.5) is 5.69 Å². The Bertz CT molecular complexity index is 1350. The molecule has 2 aromatic carbocycles. The lowest BCUT2D eigenvalue weighted by atomic mass is 10.0. The fourth-order valence-corrected chi connectivity index (χ4v) is 3.38. The maximum atomic E-state index is 13.2. The van der Waals surface area contributed by atoms with Crippen LogP contribution in [0.3, 0.4) is 0 Å². The van der Waals surface area contributed by atoms with Crippen molar-refractivity contribution in [2.24, 2.45) is 0 Å². The third-order valence-electron chi connectivity index (χ3n) is 4.78. The summed E-state index contributed by atoms with van der Waals surface area (Å²) in [5, 5.41) is 4.79. The van der Waals surface area contributed by atoms with Crippen molar-refractivity contribution in [3.05, 3.63) is 97.0 Å². The molecule has 0 bridgehead atoms. The van der Waals surface area contributed by atoms with Crippen LogP contribution in [0.25, 0.3) is 33.1 Å². The van der Waals surface area contributed by atoms with E-state index in [2.05, 4.69) is 15.3 Å². The van der Waals surface area contributed by atoms with Gasteiger partial charge < -0.3 is 5.32 Å². The molecule has 0 aliphatic heterocycles. The number of amides is 1. The van der Waals surface area contributed by atoms with Crippen molar-refractivity contribution >= 4 is 33.4 Å². The predicted octanol–water partition coefficient (Wildman–Crippen LogP) is 5.10. The minimum atomic E-state index is -0.183. The highest BCUT2D eigenvalue weighted by atomic mass is 16.1. The van der Waals surface area contributed by atoms with Crippen LogP contribution in [0.2, 0.25) is 0 Å². The van der Waals surface area contributed by atoms with Gasteiger partial charge in [0, 0.05) is 40.6 Å². The second-order valence-corrected chi connectivity index (χ2v) is 6.68. The summed E-state index contributed by atoms with van der Waals surface area (Å²) in [6, 6.07) is 22.8. The van der Waals surface area contributed by atoms with E-state index in [1.807, 2.05) is 72.8 Å². The second kappa shape index (κ2) is 7.13. The average molecular weight is 376 g/mol. The molecule has 0 aliphatic rings. The van der Waals surface area contributed by atoms with Crippen LogP contribution in [0.1, 0.15) is 10.4 Å². The highest BCUT2D eigenvalue weighted by Crippen LogP contribution is 2.26. The second-order valence-electron chi connectivity index (χ2n) is 6.68. The molecular formula is C24H16N4O. The molecule has 5 nitrogen and oxygen atoms in total. The first-order valence-electron chi connectivity index (χ1n) is 9.24. The fourth-order valence-electron chi connectivity index (χ4n) is 3.38. The van der Waals surface area contributed by atoms with Crippen molar-refractivity contribution in [3.8, 4) is 11.3 Å². The van der Waals surface area contributed by atoms with Crippen LogP contribution >= 0.6 is 0 Å². The van der Waals surface area contributed by atoms with E-state index in [0.29, 0.717) is 11.3 Å². The average Bonchev–Trinajstić information content (AvgIpc) is 2.79.